The number of amides is 1. The fourth-order valence-electron chi connectivity index (χ4n) is 3.70. The van der Waals surface area contributed by atoms with Gasteiger partial charge in [0.2, 0.25) is 0 Å². The third kappa shape index (κ3) is 4.07. The quantitative estimate of drug-likeness (QED) is 0.759. The van der Waals surface area contributed by atoms with E-state index < -0.39 is 0 Å². The molecule has 0 bridgehead atoms. The molecule has 2 aromatic carbocycles. The summed E-state index contributed by atoms with van der Waals surface area (Å²) in [5, 5.41) is 3.11. The van der Waals surface area contributed by atoms with E-state index >= 15 is 0 Å². The maximum absolute atomic E-state index is 12.5. The first-order valence-electron chi connectivity index (χ1n) is 9.35. The van der Waals surface area contributed by atoms with Gasteiger partial charge in [-0.2, -0.15) is 0 Å². The normalized spacial score (nSPS) is 15.0. The highest BCUT2D eigenvalue weighted by Gasteiger charge is 2.25. The van der Waals surface area contributed by atoms with Gasteiger partial charge >= 0.3 is 0 Å². The van der Waals surface area contributed by atoms with Crippen molar-refractivity contribution in [1.29, 1.82) is 0 Å². The maximum atomic E-state index is 12.5. The molecule has 4 heteroatoms. The number of nitrogens with zero attached hydrogens (tertiary/aromatic N) is 2. The third-order valence-corrected chi connectivity index (χ3v) is 5.16. The molecule has 0 saturated heterocycles. The molecule has 1 atom stereocenters. The molecule has 0 fully saturated rings. The third-order valence-electron chi connectivity index (χ3n) is 5.16. The van der Waals surface area contributed by atoms with E-state index in [0.29, 0.717) is 12.1 Å². The van der Waals surface area contributed by atoms with Crippen LogP contribution in [0.2, 0.25) is 0 Å². The lowest BCUT2D eigenvalue weighted by Gasteiger charge is -2.36. The molecular formula is C23H23N3O. The van der Waals surface area contributed by atoms with Crippen LogP contribution in [0.1, 0.15) is 33.1 Å². The van der Waals surface area contributed by atoms with Crippen LogP contribution in [-0.2, 0) is 13.0 Å². The molecule has 0 radical (unpaired) electrons. The van der Waals surface area contributed by atoms with Crippen LogP contribution in [0.5, 0.6) is 0 Å². The summed E-state index contributed by atoms with van der Waals surface area (Å²) in [6.45, 7) is 2.41. The topological polar surface area (TPSA) is 45.2 Å². The summed E-state index contributed by atoms with van der Waals surface area (Å²) >= 11 is 0. The molecule has 1 aromatic heterocycles. The molecule has 1 unspecified atom stereocenters. The molecule has 1 aliphatic heterocycles. The van der Waals surface area contributed by atoms with Gasteiger partial charge < -0.3 is 5.32 Å². The molecule has 1 aliphatic rings. The van der Waals surface area contributed by atoms with Crippen molar-refractivity contribution in [2.45, 2.75) is 19.0 Å². The minimum absolute atomic E-state index is 0.0399. The second kappa shape index (κ2) is 8.14. The lowest BCUT2D eigenvalue weighted by Crippen LogP contribution is -2.40. The fourth-order valence-corrected chi connectivity index (χ4v) is 3.70. The van der Waals surface area contributed by atoms with Crippen LogP contribution in [0, 0.1) is 0 Å². The van der Waals surface area contributed by atoms with Crippen LogP contribution in [-0.4, -0.2) is 28.9 Å². The van der Waals surface area contributed by atoms with Gasteiger partial charge in [0.15, 0.2) is 0 Å². The highest BCUT2D eigenvalue weighted by Crippen LogP contribution is 2.27. The number of aromatic nitrogens is 1. The first-order valence-corrected chi connectivity index (χ1v) is 9.35. The van der Waals surface area contributed by atoms with E-state index in [4.69, 9.17) is 0 Å². The van der Waals surface area contributed by atoms with Gasteiger partial charge in [0.05, 0.1) is 6.04 Å². The number of benzene rings is 2. The van der Waals surface area contributed by atoms with Gasteiger partial charge in [-0.05, 0) is 41.3 Å². The molecule has 136 valence electrons. The van der Waals surface area contributed by atoms with E-state index in [2.05, 4.69) is 45.5 Å². The maximum Gasteiger partial charge on any atom is 0.251 e. The van der Waals surface area contributed by atoms with Gasteiger partial charge in [-0.1, -0.05) is 48.5 Å². The van der Waals surface area contributed by atoms with E-state index in [1.54, 1.807) is 6.20 Å². The van der Waals surface area contributed by atoms with Gasteiger partial charge in [0.1, 0.15) is 0 Å². The van der Waals surface area contributed by atoms with Gasteiger partial charge in [-0.25, -0.2) is 0 Å². The molecule has 27 heavy (non-hydrogen) atoms. The summed E-state index contributed by atoms with van der Waals surface area (Å²) in [5.41, 5.74) is 4.61. The van der Waals surface area contributed by atoms with Gasteiger partial charge in [-0.3, -0.25) is 14.7 Å². The molecule has 1 N–H and O–H groups in total. The minimum Gasteiger partial charge on any atom is -0.350 e. The molecular weight excluding hydrogens is 334 g/mol. The standard InChI is InChI=1S/C23H23N3O/c27-23(19-8-2-1-3-9-19)25-16-22(20-11-6-13-24-15-20)26-14-12-18-7-4-5-10-21(18)17-26/h1-11,13,15,22H,12,14,16-17H2,(H,25,27). The smallest absolute Gasteiger partial charge is 0.251 e. The number of fused-ring (bicyclic) bond motifs is 1. The van der Waals surface area contributed by atoms with Crippen molar-refractivity contribution in [3.8, 4) is 0 Å². The second-order valence-corrected chi connectivity index (χ2v) is 6.87. The number of hydrogen-bond donors (Lipinski definition) is 1. The Morgan fingerprint density at radius 3 is 2.56 bits per heavy atom. The summed E-state index contributed by atoms with van der Waals surface area (Å²) in [7, 11) is 0. The van der Waals surface area contributed by atoms with Crippen molar-refractivity contribution < 1.29 is 4.79 Å². The van der Waals surface area contributed by atoms with Crippen LogP contribution < -0.4 is 5.32 Å². The lowest BCUT2D eigenvalue weighted by atomic mass is 9.97. The van der Waals surface area contributed by atoms with E-state index in [-0.39, 0.29) is 11.9 Å². The Bertz CT molecular complexity index is 896. The van der Waals surface area contributed by atoms with E-state index in [9.17, 15) is 4.79 Å². The summed E-state index contributed by atoms with van der Waals surface area (Å²) in [5.74, 6) is -0.0399. The molecule has 1 amide bonds. The molecule has 0 aliphatic carbocycles. The Labute approximate surface area is 159 Å². The minimum atomic E-state index is -0.0399. The zero-order valence-corrected chi connectivity index (χ0v) is 15.2. The Kier molecular flexibility index (Phi) is 5.26. The van der Waals surface area contributed by atoms with Crippen LogP contribution in [0.4, 0.5) is 0 Å². The predicted octanol–water partition coefficient (Wildman–Crippen LogP) is 3.61. The molecule has 0 saturated carbocycles. The fraction of sp³-hybridized carbons (Fsp3) is 0.217. The number of pyridine rings is 1. The zero-order valence-electron chi connectivity index (χ0n) is 15.2. The van der Waals surface area contributed by atoms with Crippen molar-refractivity contribution in [3.05, 3.63) is 101 Å². The van der Waals surface area contributed by atoms with Gasteiger partial charge in [0.25, 0.3) is 5.91 Å². The Morgan fingerprint density at radius 2 is 1.78 bits per heavy atom. The summed E-state index contributed by atoms with van der Waals surface area (Å²) in [6.07, 6.45) is 4.72. The Morgan fingerprint density at radius 1 is 1.00 bits per heavy atom. The van der Waals surface area contributed by atoms with Crippen molar-refractivity contribution in [3.63, 3.8) is 0 Å². The average molecular weight is 357 g/mol. The monoisotopic (exact) mass is 357 g/mol. The largest absolute Gasteiger partial charge is 0.350 e. The number of carbonyl (C=O) groups excluding carboxylic acids is 1. The van der Waals surface area contributed by atoms with Gasteiger partial charge in [0, 0.05) is 37.6 Å². The first-order chi connectivity index (χ1) is 13.3. The van der Waals surface area contributed by atoms with Crippen molar-refractivity contribution in [2.75, 3.05) is 13.1 Å². The summed E-state index contributed by atoms with van der Waals surface area (Å²) < 4.78 is 0. The Balaban J connectivity index is 1.53. The van der Waals surface area contributed by atoms with Crippen LogP contribution >= 0.6 is 0 Å². The summed E-state index contributed by atoms with van der Waals surface area (Å²) in [4.78, 5) is 19.2. The van der Waals surface area contributed by atoms with Crippen LogP contribution in [0.15, 0.2) is 79.1 Å². The number of carbonyl (C=O) groups is 1. The molecule has 4 nitrogen and oxygen atoms in total. The molecule has 4 rings (SSSR count). The molecule has 3 aromatic rings. The van der Waals surface area contributed by atoms with E-state index in [0.717, 1.165) is 25.1 Å². The molecule has 0 spiro atoms. The highest BCUT2D eigenvalue weighted by molar-refractivity contribution is 5.94. The number of rotatable bonds is 5. The second-order valence-electron chi connectivity index (χ2n) is 6.87. The van der Waals surface area contributed by atoms with Crippen LogP contribution in [0.3, 0.4) is 0 Å². The SMILES string of the molecule is O=C(NCC(c1cccnc1)N1CCc2ccccc2C1)c1ccccc1. The van der Waals surface area contributed by atoms with Crippen molar-refractivity contribution in [1.82, 2.24) is 15.2 Å². The zero-order chi connectivity index (χ0) is 18.5. The summed E-state index contributed by atoms with van der Waals surface area (Å²) in [6, 6.07) is 22.1. The van der Waals surface area contributed by atoms with Gasteiger partial charge in [-0.15, -0.1) is 0 Å². The molecule has 2 heterocycles. The predicted molar refractivity (Wildman–Crippen MR) is 106 cm³/mol. The lowest BCUT2D eigenvalue weighted by molar-refractivity contribution is 0.0927. The van der Waals surface area contributed by atoms with E-state index in [1.807, 2.05) is 42.6 Å². The number of nitrogens with one attached hydrogen (secondary N) is 1. The highest BCUT2D eigenvalue weighted by atomic mass is 16.1. The van der Waals surface area contributed by atoms with E-state index in [1.165, 1.54) is 11.1 Å². The Hall–Kier alpha value is -2.98. The van der Waals surface area contributed by atoms with Crippen molar-refractivity contribution >= 4 is 5.91 Å². The average Bonchev–Trinajstić information content (AvgIpc) is 2.75. The van der Waals surface area contributed by atoms with Crippen molar-refractivity contribution in [2.24, 2.45) is 0 Å². The number of hydrogen-bond acceptors (Lipinski definition) is 3. The van der Waals surface area contributed by atoms with Crippen LogP contribution in [0.25, 0.3) is 0 Å². The first kappa shape index (κ1) is 17.4.